The molecule has 0 aliphatic heterocycles. The van der Waals surface area contributed by atoms with E-state index in [0.29, 0.717) is 0 Å². The number of hydrogen-bond acceptors (Lipinski definition) is 3. The first-order valence-corrected chi connectivity index (χ1v) is 6.47. The summed E-state index contributed by atoms with van der Waals surface area (Å²) in [5.74, 6) is -2.37. The van der Waals surface area contributed by atoms with Crippen LogP contribution in [-0.2, 0) is 6.61 Å². The lowest BCUT2D eigenvalue weighted by Crippen LogP contribution is -2.02. The van der Waals surface area contributed by atoms with E-state index >= 15 is 0 Å². The molecule has 2 aromatic rings. The second-order valence-electron chi connectivity index (χ2n) is 4.10. The van der Waals surface area contributed by atoms with Crippen molar-refractivity contribution in [2.24, 2.45) is 0 Å². The van der Waals surface area contributed by atoms with Crippen LogP contribution in [0.1, 0.15) is 15.9 Å². The van der Waals surface area contributed by atoms with Gasteiger partial charge in [-0.05, 0) is 18.2 Å². The maximum atomic E-state index is 13.6. The SMILES string of the molecule is O=C(O)c1cc(OCc2c(F)cccc2Cl)cc(Cl)c1O. The van der Waals surface area contributed by atoms with Crippen LogP contribution in [0.3, 0.4) is 0 Å². The molecule has 0 bridgehead atoms. The van der Waals surface area contributed by atoms with Crippen molar-refractivity contribution in [1.82, 2.24) is 0 Å². The molecular formula is C14H9Cl2FO4. The molecule has 0 heterocycles. The highest BCUT2D eigenvalue weighted by Crippen LogP contribution is 2.33. The van der Waals surface area contributed by atoms with Gasteiger partial charge in [-0.2, -0.15) is 0 Å². The highest BCUT2D eigenvalue weighted by atomic mass is 35.5. The number of halogens is 3. The van der Waals surface area contributed by atoms with Gasteiger partial charge in [-0.25, -0.2) is 9.18 Å². The smallest absolute Gasteiger partial charge is 0.339 e. The molecule has 110 valence electrons. The van der Waals surface area contributed by atoms with Gasteiger partial charge >= 0.3 is 5.97 Å². The van der Waals surface area contributed by atoms with E-state index in [1.54, 1.807) is 0 Å². The van der Waals surface area contributed by atoms with Crippen LogP contribution in [0.25, 0.3) is 0 Å². The molecule has 0 atom stereocenters. The highest BCUT2D eigenvalue weighted by molar-refractivity contribution is 6.32. The Kier molecular flexibility index (Phi) is 4.55. The van der Waals surface area contributed by atoms with Crippen molar-refractivity contribution in [3.8, 4) is 11.5 Å². The first-order chi connectivity index (χ1) is 9.90. The van der Waals surface area contributed by atoms with Crippen molar-refractivity contribution in [2.75, 3.05) is 0 Å². The monoisotopic (exact) mass is 330 g/mol. The zero-order chi connectivity index (χ0) is 15.6. The second kappa shape index (κ2) is 6.20. The summed E-state index contributed by atoms with van der Waals surface area (Å²) in [6, 6.07) is 6.53. The van der Waals surface area contributed by atoms with E-state index in [1.807, 2.05) is 0 Å². The van der Waals surface area contributed by atoms with Gasteiger partial charge in [0.1, 0.15) is 29.5 Å². The third-order valence-electron chi connectivity index (χ3n) is 2.71. The number of benzene rings is 2. The summed E-state index contributed by atoms with van der Waals surface area (Å²) in [7, 11) is 0. The third-order valence-corrected chi connectivity index (χ3v) is 3.35. The van der Waals surface area contributed by atoms with Crippen LogP contribution in [0.15, 0.2) is 30.3 Å². The average molecular weight is 331 g/mol. The fourth-order valence-electron chi connectivity index (χ4n) is 1.65. The Labute approximate surface area is 129 Å². The molecular weight excluding hydrogens is 322 g/mol. The standard InChI is InChI=1S/C14H9Cl2FO4/c15-10-2-1-3-12(17)9(10)6-21-7-4-8(14(19)20)13(18)11(16)5-7/h1-5,18H,6H2,(H,19,20). The maximum Gasteiger partial charge on any atom is 0.339 e. The van der Waals surface area contributed by atoms with E-state index < -0.39 is 23.1 Å². The van der Waals surface area contributed by atoms with Crippen LogP contribution in [0.4, 0.5) is 4.39 Å². The first kappa shape index (κ1) is 15.4. The lowest BCUT2D eigenvalue weighted by atomic mass is 10.2. The Morgan fingerprint density at radius 2 is 1.95 bits per heavy atom. The number of carboxylic acid groups (broad SMARTS) is 1. The van der Waals surface area contributed by atoms with Gasteiger partial charge in [-0.3, -0.25) is 0 Å². The molecule has 0 saturated carbocycles. The molecule has 0 amide bonds. The molecule has 0 aromatic heterocycles. The molecule has 0 aliphatic rings. The van der Waals surface area contributed by atoms with Crippen LogP contribution < -0.4 is 4.74 Å². The van der Waals surface area contributed by atoms with E-state index in [-0.39, 0.29) is 28.0 Å². The van der Waals surface area contributed by atoms with Gasteiger partial charge in [0.25, 0.3) is 0 Å². The largest absolute Gasteiger partial charge is 0.505 e. The molecule has 0 saturated heterocycles. The van der Waals surface area contributed by atoms with Crippen molar-refractivity contribution in [2.45, 2.75) is 6.61 Å². The molecule has 7 heteroatoms. The summed E-state index contributed by atoms with van der Waals surface area (Å²) in [6.07, 6.45) is 0. The highest BCUT2D eigenvalue weighted by Gasteiger charge is 2.16. The zero-order valence-electron chi connectivity index (χ0n) is 10.4. The fraction of sp³-hybridized carbons (Fsp3) is 0.0714. The lowest BCUT2D eigenvalue weighted by Gasteiger charge is -2.11. The van der Waals surface area contributed by atoms with Crippen LogP contribution in [-0.4, -0.2) is 16.2 Å². The van der Waals surface area contributed by atoms with E-state index in [9.17, 15) is 14.3 Å². The number of rotatable bonds is 4. The van der Waals surface area contributed by atoms with Crippen molar-refractivity contribution in [3.05, 3.63) is 57.3 Å². The first-order valence-electron chi connectivity index (χ1n) is 5.71. The van der Waals surface area contributed by atoms with Gasteiger partial charge in [0, 0.05) is 11.6 Å². The Hall–Kier alpha value is -1.98. The summed E-state index contributed by atoms with van der Waals surface area (Å²) in [6.45, 7) is -0.203. The zero-order valence-corrected chi connectivity index (χ0v) is 12.0. The molecule has 2 N–H and O–H groups in total. The van der Waals surface area contributed by atoms with Crippen molar-refractivity contribution in [3.63, 3.8) is 0 Å². The lowest BCUT2D eigenvalue weighted by molar-refractivity contribution is 0.0693. The third kappa shape index (κ3) is 3.37. The van der Waals surface area contributed by atoms with E-state index in [1.165, 1.54) is 24.3 Å². The minimum atomic E-state index is -1.36. The fourth-order valence-corrected chi connectivity index (χ4v) is 2.07. The average Bonchev–Trinajstić information content (AvgIpc) is 2.41. The van der Waals surface area contributed by atoms with Crippen molar-refractivity contribution < 1.29 is 24.1 Å². The summed E-state index contributed by atoms with van der Waals surface area (Å²) < 4.78 is 18.9. The van der Waals surface area contributed by atoms with Gasteiger partial charge in [0.2, 0.25) is 0 Å². The summed E-state index contributed by atoms with van der Waals surface area (Å²) in [4.78, 5) is 11.0. The number of aromatic carboxylic acids is 1. The molecule has 0 radical (unpaired) electrons. The quantitative estimate of drug-likeness (QED) is 0.885. The summed E-state index contributed by atoms with van der Waals surface area (Å²) >= 11 is 11.6. The maximum absolute atomic E-state index is 13.6. The molecule has 2 aromatic carbocycles. The van der Waals surface area contributed by atoms with Crippen LogP contribution in [0.5, 0.6) is 11.5 Å². The van der Waals surface area contributed by atoms with Gasteiger partial charge in [0.05, 0.1) is 10.0 Å². The summed E-state index contributed by atoms with van der Waals surface area (Å²) in [5, 5.41) is 18.5. The van der Waals surface area contributed by atoms with Gasteiger partial charge < -0.3 is 14.9 Å². The Morgan fingerprint density at radius 3 is 2.57 bits per heavy atom. The minimum absolute atomic E-state index is 0.0783. The summed E-state index contributed by atoms with van der Waals surface area (Å²) in [5.41, 5.74) is -0.266. The van der Waals surface area contributed by atoms with Crippen molar-refractivity contribution >= 4 is 29.2 Å². The topological polar surface area (TPSA) is 66.8 Å². The number of ether oxygens (including phenoxy) is 1. The molecule has 0 unspecified atom stereocenters. The Morgan fingerprint density at radius 1 is 1.24 bits per heavy atom. The van der Waals surface area contributed by atoms with Crippen molar-refractivity contribution in [1.29, 1.82) is 0 Å². The molecule has 2 rings (SSSR count). The Balaban J connectivity index is 2.27. The van der Waals surface area contributed by atoms with E-state index in [2.05, 4.69) is 0 Å². The number of carboxylic acids is 1. The molecule has 21 heavy (non-hydrogen) atoms. The van der Waals surface area contributed by atoms with Crippen LogP contribution >= 0.6 is 23.2 Å². The predicted octanol–water partition coefficient (Wildman–Crippen LogP) is 4.12. The van der Waals surface area contributed by atoms with Gasteiger partial charge in [-0.1, -0.05) is 29.3 Å². The normalized spacial score (nSPS) is 10.4. The van der Waals surface area contributed by atoms with Crippen LogP contribution in [0, 0.1) is 5.82 Å². The number of phenols is 1. The van der Waals surface area contributed by atoms with E-state index in [4.69, 9.17) is 33.0 Å². The molecule has 0 spiro atoms. The van der Waals surface area contributed by atoms with Gasteiger partial charge in [0.15, 0.2) is 0 Å². The second-order valence-corrected chi connectivity index (χ2v) is 4.91. The molecule has 0 aliphatic carbocycles. The number of hydrogen-bond donors (Lipinski definition) is 2. The molecule has 0 fully saturated rings. The predicted molar refractivity (Wildman–Crippen MR) is 75.8 cm³/mol. The number of aromatic hydroxyl groups is 1. The number of carbonyl (C=O) groups is 1. The Bertz CT molecular complexity index is 683. The van der Waals surface area contributed by atoms with Crippen LogP contribution in [0.2, 0.25) is 10.0 Å². The van der Waals surface area contributed by atoms with E-state index in [0.717, 1.165) is 6.07 Å². The molecule has 4 nitrogen and oxygen atoms in total. The minimum Gasteiger partial charge on any atom is -0.505 e. The van der Waals surface area contributed by atoms with Gasteiger partial charge in [-0.15, -0.1) is 0 Å².